The molecule has 0 spiro atoms. The Hall–Kier alpha value is -2.14. The number of hydrogen-bond acceptors (Lipinski definition) is 3. The highest BCUT2D eigenvalue weighted by Crippen LogP contribution is 2.36. The first kappa shape index (κ1) is 19.6. The number of carbonyl (C=O) groups is 2. The Balaban J connectivity index is 1.86. The maximum atomic E-state index is 12.9. The second-order valence-corrected chi connectivity index (χ2v) is 8.33. The molecule has 5 heteroatoms. The van der Waals surface area contributed by atoms with E-state index in [9.17, 15) is 9.59 Å². The van der Waals surface area contributed by atoms with Crippen LogP contribution in [-0.2, 0) is 16.0 Å². The van der Waals surface area contributed by atoms with E-state index in [0.717, 1.165) is 31.4 Å². The molecule has 2 heterocycles. The van der Waals surface area contributed by atoms with Gasteiger partial charge in [-0.1, -0.05) is 37.3 Å². The van der Waals surface area contributed by atoms with Crippen molar-refractivity contribution < 1.29 is 9.59 Å². The van der Waals surface area contributed by atoms with Crippen molar-refractivity contribution in [1.29, 1.82) is 0 Å². The van der Waals surface area contributed by atoms with Gasteiger partial charge in [0.05, 0.1) is 5.41 Å². The zero-order valence-corrected chi connectivity index (χ0v) is 17.0. The molecule has 0 radical (unpaired) electrons. The molecule has 4 nitrogen and oxygen atoms in total. The average molecular weight is 385 g/mol. The second kappa shape index (κ2) is 8.70. The van der Waals surface area contributed by atoms with Crippen LogP contribution in [0.3, 0.4) is 0 Å². The van der Waals surface area contributed by atoms with Crippen molar-refractivity contribution >= 4 is 23.2 Å². The summed E-state index contributed by atoms with van der Waals surface area (Å²) in [7, 11) is 1.69. The highest BCUT2D eigenvalue weighted by Gasteiger charge is 2.42. The van der Waals surface area contributed by atoms with E-state index in [2.05, 4.69) is 47.1 Å². The molecule has 27 heavy (non-hydrogen) atoms. The second-order valence-electron chi connectivity index (χ2n) is 7.38. The van der Waals surface area contributed by atoms with Crippen LogP contribution in [0.5, 0.6) is 0 Å². The molecule has 0 unspecified atom stereocenters. The fraction of sp³-hybridized carbons (Fsp3) is 0.455. The summed E-state index contributed by atoms with van der Waals surface area (Å²) in [4.78, 5) is 28.5. The van der Waals surface area contributed by atoms with E-state index in [1.54, 1.807) is 18.4 Å². The Kier molecular flexibility index (Phi) is 6.32. The van der Waals surface area contributed by atoms with Gasteiger partial charge in [-0.2, -0.15) is 0 Å². The Morgan fingerprint density at radius 1 is 1.26 bits per heavy atom. The lowest BCUT2D eigenvalue weighted by atomic mass is 9.74. The molecule has 1 aliphatic heterocycles. The fourth-order valence-corrected chi connectivity index (χ4v) is 4.78. The van der Waals surface area contributed by atoms with Crippen molar-refractivity contribution in [2.24, 2.45) is 5.41 Å². The van der Waals surface area contributed by atoms with Gasteiger partial charge in [-0.25, -0.2) is 0 Å². The molecule has 0 saturated carbocycles. The summed E-state index contributed by atoms with van der Waals surface area (Å²) in [5, 5.41) is 4.93. The number of amides is 2. The third-order valence-electron chi connectivity index (χ3n) is 5.38. The molecule has 1 aromatic carbocycles. The molecular formula is C22H28N2O2S. The first-order chi connectivity index (χ1) is 13.1. The lowest BCUT2D eigenvalue weighted by molar-refractivity contribution is -0.141. The highest BCUT2D eigenvalue weighted by molar-refractivity contribution is 7.13. The molecule has 0 bridgehead atoms. The topological polar surface area (TPSA) is 49.4 Å². The molecule has 1 N–H and O–H groups in total. The molecule has 2 aromatic rings. The van der Waals surface area contributed by atoms with Crippen LogP contribution in [-0.4, -0.2) is 36.9 Å². The van der Waals surface area contributed by atoms with Gasteiger partial charge < -0.3 is 10.2 Å². The number of nitrogens with one attached hydrogen (secondary N) is 1. The zero-order valence-electron chi connectivity index (χ0n) is 16.2. The maximum Gasteiger partial charge on any atom is 0.228 e. The maximum absolute atomic E-state index is 12.9. The molecule has 2 amide bonds. The highest BCUT2D eigenvalue weighted by atomic mass is 32.1. The third-order valence-corrected chi connectivity index (χ3v) is 6.30. The Labute approximate surface area is 165 Å². The van der Waals surface area contributed by atoms with Crippen molar-refractivity contribution in [1.82, 2.24) is 10.2 Å². The van der Waals surface area contributed by atoms with Crippen LogP contribution in [0.2, 0.25) is 0 Å². The van der Waals surface area contributed by atoms with Crippen LogP contribution in [0, 0.1) is 5.41 Å². The Bertz CT molecular complexity index is 787. The van der Waals surface area contributed by atoms with Gasteiger partial charge in [-0.05, 0) is 48.3 Å². The van der Waals surface area contributed by atoms with Crippen LogP contribution >= 0.6 is 11.3 Å². The van der Waals surface area contributed by atoms with Gasteiger partial charge in [0.2, 0.25) is 11.8 Å². The standard InChI is InChI=1S/C22H28N2O2S/c1-3-7-20(25)24-12-6-11-22(16-24,21(26)23-2)15-17-8-4-9-18(14-17)19-10-5-13-27-19/h4-5,8-10,13-14H,3,6-7,11-12,15-16H2,1-2H3,(H,23,26)/t22-/m1/s1. The predicted octanol–water partition coefficient (Wildman–Crippen LogP) is 4.11. The average Bonchev–Trinajstić information content (AvgIpc) is 3.23. The minimum Gasteiger partial charge on any atom is -0.359 e. The largest absolute Gasteiger partial charge is 0.359 e. The Morgan fingerprint density at radius 3 is 2.81 bits per heavy atom. The van der Waals surface area contributed by atoms with Gasteiger partial charge in [-0.3, -0.25) is 9.59 Å². The first-order valence-corrected chi connectivity index (χ1v) is 10.6. The van der Waals surface area contributed by atoms with E-state index < -0.39 is 5.41 Å². The zero-order chi connectivity index (χ0) is 19.3. The lowest BCUT2D eigenvalue weighted by Gasteiger charge is -2.41. The normalized spacial score (nSPS) is 19.7. The van der Waals surface area contributed by atoms with Crippen molar-refractivity contribution in [2.75, 3.05) is 20.1 Å². The molecule has 1 fully saturated rings. The molecular weight excluding hydrogens is 356 g/mol. The molecule has 1 saturated heterocycles. The molecule has 3 rings (SSSR count). The number of benzene rings is 1. The number of likely N-dealkylation sites (tertiary alicyclic amines) is 1. The third kappa shape index (κ3) is 4.41. The summed E-state index contributed by atoms with van der Waals surface area (Å²) >= 11 is 1.72. The number of piperidine rings is 1. The molecule has 144 valence electrons. The lowest BCUT2D eigenvalue weighted by Crippen LogP contribution is -2.53. The number of carbonyl (C=O) groups excluding carboxylic acids is 2. The minimum absolute atomic E-state index is 0.0398. The van der Waals surface area contributed by atoms with Crippen molar-refractivity contribution in [3.8, 4) is 10.4 Å². The van der Waals surface area contributed by atoms with Gasteiger partial charge in [-0.15, -0.1) is 11.3 Å². The van der Waals surface area contributed by atoms with Gasteiger partial charge in [0.1, 0.15) is 0 Å². The first-order valence-electron chi connectivity index (χ1n) is 9.71. The summed E-state index contributed by atoms with van der Waals surface area (Å²) in [5.74, 6) is 0.204. The number of thiophene rings is 1. The van der Waals surface area contributed by atoms with Crippen molar-refractivity contribution in [3.63, 3.8) is 0 Å². The van der Waals surface area contributed by atoms with Crippen LogP contribution in [0.4, 0.5) is 0 Å². The Morgan fingerprint density at radius 2 is 2.11 bits per heavy atom. The van der Waals surface area contributed by atoms with E-state index in [-0.39, 0.29) is 11.8 Å². The van der Waals surface area contributed by atoms with Crippen LogP contribution in [0.25, 0.3) is 10.4 Å². The minimum atomic E-state index is -0.551. The number of hydrogen-bond donors (Lipinski definition) is 1. The van der Waals surface area contributed by atoms with E-state index in [1.165, 1.54) is 10.4 Å². The number of rotatable bonds is 6. The van der Waals surface area contributed by atoms with Gasteiger partial charge in [0.15, 0.2) is 0 Å². The van der Waals surface area contributed by atoms with E-state index in [4.69, 9.17) is 0 Å². The van der Waals surface area contributed by atoms with Gasteiger partial charge in [0.25, 0.3) is 0 Å². The summed E-state index contributed by atoms with van der Waals surface area (Å²) in [6.07, 6.45) is 3.73. The smallest absolute Gasteiger partial charge is 0.228 e. The SMILES string of the molecule is CCCC(=O)N1CCC[C@](Cc2cccc(-c3cccs3)c2)(C(=O)NC)C1. The van der Waals surface area contributed by atoms with Crippen molar-refractivity contribution in [2.45, 2.75) is 39.0 Å². The predicted molar refractivity (Wildman–Crippen MR) is 111 cm³/mol. The van der Waals surface area contributed by atoms with E-state index >= 15 is 0 Å². The van der Waals surface area contributed by atoms with Crippen molar-refractivity contribution in [3.05, 3.63) is 47.3 Å². The number of nitrogens with zero attached hydrogens (tertiary/aromatic N) is 1. The van der Waals surface area contributed by atoms with E-state index in [1.807, 2.05) is 11.8 Å². The molecule has 0 aliphatic carbocycles. The molecule has 1 atom stereocenters. The summed E-state index contributed by atoms with van der Waals surface area (Å²) in [6.45, 7) is 3.28. The van der Waals surface area contributed by atoms with Crippen LogP contribution < -0.4 is 5.32 Å². The van der Waals surface area contributed by atoms with E-state index in [0.29, 0.717) is 19.4 Å². The summed E-state index contributed by atoms with van der Waals surface area (Å²) in [5.41, 5.74) is 1.78. The van der Waals surface area contributed by atoms with Crippen LogP contribution in [0.1, 0.15) is 38.2 Å². The summed E-state index contributed by atoms with van der Waals surface area (Å²) < 4.78 is 0. The summed E-state index contributed by atoms with van der Waals surface area (Å²) in [6, 6.07) is 12.6. The molecule has 1 aliphatic rings. The monoisotopic (exact) mass is 384 g/mol. The quantitative estimate of drug-likeness (QED) is 0.815. The van der Waals surface area contributed by atoms with Gasteiger partial charge >= 0.3 is 0 Å². The fourth-order valence-electron chi connectivity index (χ4n) is 4.06. The molecule has 1 aromatic heterocycles. The van der Waals surface area contributed by atoms with Gasteiger partial charge in [0, 0.05) is 31.4 Å². The van der Waals surface area contributed by atoms with Crippen LogP contribution in [0.15, 0.2) is 41.8 Å².